The highest BCUT2D eigenvalue weighted by atomic mass is 79.9. The van der Waals surface area contributed by atoms with Crippen LogP contribution < -0.4 is 0 Å². The van der Waals surface area contributed by atoms with E-state index in [-0.39, 0.29) is 5.12 Å². The van der Waals surface area contributed by atoms with Crippen molar-refractivity contribution in [1.29, 1.82) is 0 Å². The second-order valence-electron chi connectivity index (χ2n) is 3.47. The maximum Gasteiger partial charge on any atom is 0.238 e. The third-order valence-corrected chi connectivity index (χ3v) is 4.68. The number of carbonyl (C=O) groups excluding carboxylic acids is 1. The molecule has 1 rings (SSSR count). The Kier molecular flexibility index (Phi) is 7.23. The number of nitrogens with zero attached hydrogens (tertiary/aromatic N) is 1. The van der Waals surface area contributed by atoms with Crippen LogP contribution in [0, 0.1) is 0 Å². The fraction of sp³-hybridized carbons (Fsp3) is 0.500. The first-order valence-corrected chi connectivity index (χ1v) is 8.42. The van der Waals surface area contributed by atoms with E-state index in [0.29, 0.717) is 5.69 Å². The average molecular weight is 334 g/mol. The Morgan fingerprint density at radius 2 is 2.00 bits per heavy atom. The molecule has 0 radical (unpaired) electrons. The van der Waals surface area contributed by atoms with E-state index >= 15 is 0 Å². The summed E-state index contributed by atoms with van der Waals surface area (Å²) in [5.41, 5.74) is 0.594. The Morgan fingerprint density at radius 3 is 2.65 bits per heavy atom. The van der Waals surface area contributed by atoms with Gasteiger partial charge in [-0.25, -0.2) is 4.98 Å². The van der Waals surface area contributed by atoms with Gasteiger partial charge in [0.1, 0.15) is 10.3 Å². The molecule has 0 unspecified atom stereocenters. The summed E-state index contributed by atoms with van der Waals surface area (Å²) < 4.78 is 0.721. The standard InChI is InChI=1S/C12H16BrNOS2/c1-3-7-16-9-5-6-10(13)14-11(9)12(15)17-8-4-2/h5-6H,3-4,7-8H2,1-2H3. The van der Waals surface area contributed by atoms with Gasteiger partial charge in [0.25, 0.3) is 0 Å². The van der Waals surface area contributed by atoms with Crippen molar-refractivity contribution in [3.63, 3.8) is 0 Å². The van der Waals surface area contributed by atoms with E-state index in [4.69, 9.17) is 0 Å². The minimum absolute atomic E-state index is 0.0757. The van der Waals surface area contributed by atoms with Gasteiger partial charge in [0.2, 0.25) is 5.12 Å². The molecular weight excluding hydrogens is 318 g/mol. The minimum atomic E-state index is 0.0757. The molecule has 0 aliphatic heterocycles. The summed E-state index contributed by atoms with van der Waals surface area (Å²) in [5, 5.41) is 0.0757. The van der Waals surface area contributed by atoms with E-state index in [9.17, 15) is 4.79 Å². The van der Waals surface area contributed by atoms with Gasteiger partial charge in [-0.05, 0) is 46.7 Å². The molecule has 17 heavy (non-hydrogen) atoms. The monoisotopic (exact) mass is 333 g/mol. The van der Waals surface area contributed by atoms with Crippen LogP contribution in [0.2, 0.25) is 0 Å². The van der Waals surface area contributed by atoms with E-state index < -0.39 is 0 Å². The lowest BCUT2D eigenvalue weighted by molar-refractivity contribution is 0.108. The summed E-state index contributed by atoms with van der Waals surface area (Å²) in [6.07, 6.45) is 2.10. The summed E-state index contributed by atoms with van der Waals surface area (Å²) in [4.78, 5) is 17.3. The Morgan fingerprint density at radius 1 is 1.29 bits per heavy atom. The number of rotatable bonds is 6. The highest BCUT2D eigenvalue weighted by molar-refractivity contribution is 9.10. The highest BCUT2D eigenvalue weighted by Crippen LogP contribution is 2.27. The van der Waals surface area contributed by atoms with E-state index in [0.717, 1.165) is 33.8 Å². The van der Waals surface area contributed by atoms with Crippen LogP contribution in [0.3, 0.4) is 0 Å². The van der Waals surface area contributed by atoms with Crippen LogP contribution in [0.4, 0.5) is 0 Å². The van der Waals surface area contributed by atoms with E-state index in [1.807, 2.05) is 12.1 Å². The summed E-state index contributed by atoms with van der Waals surface area (Å²) in [6.45, 7) is 4.20. The van der Waals surface area contributed by atoms with Crippen molar-refractivity contribution in [2.45, 2.75) is 31.6 Å². The Hall–Kier alpha value is -0.000000000000000111. The van der Waals surface area contributed by atoms with Crippen molar-refractivity contribution in [2.24, 2.45) is 0 Å². The summed E-state index contributed by atoms with van der Waals surface area (Å²) >= 11 is 6.37. The largest absolute Gasteiger partial charge is 0.280 e. The van der Waals surface area contributed by atoms with Crippen molar-refractivity contribution >= 4 is 44.6 Å². The van der Waals surface area contributed by atoms with Gasteiger partial charge in [-0.3, -0.25) is 4.79 Å². The quantitative estimate of drug-likeness (QED) is 0.560. The molecule has 94 valence electrons. The molecule has 0 amide bonds. The molecule has 0 atom stereocenters. The average Bonchev–Trinajstić information content (AvgIpc) is 2.34. The van der Waals surface area contributed by atoms with Gasteiger partial charge in [0, 0.05) is 10.6 Å². The number of carbonyl (C=O) groups is 1. The molecule has 0 saturated heterocycles. The van der Waals surface area contributed by atoms with Crippen LogP contribution in [0.25, 0.3) is 0 Å². The molecule has 0 spiro atoms. The molecule has 0 aliphatic carbocycles. The van der Waals surface area contributed by atoms with E-state index in [2.05, 4.69) is 34.8 Å². The van der Waals surface area contributed by atoms with Crippen molar-refractivity contribution in [1.82, 2.24) is 4.98 Å². The zero-order valence-corrected chi connectivity index (χ0v) is 13.3. The predicted octanol–water partition coefficient (Wildman–Crippen LogP) is 4.63. The first-order valence-electron chi connectivity index (χ1n) is 5.65. The first-order chi connectivity index (χ1) is 8.19. The van der Waals surface area contributed by atoms with E-state index in [1.165, 1.54) is 11.8 Å². The smallest absolute Gasteiger partial charge is 0.238 e. The van der Waals surface area contributed by atoms with Crippen LogP contribution in [0.15, 0.2) is 21.6 Å². The Labute approximate surface area is 119 Å². The van der Waals surface area contributed by atoms with Gasteiger partial charge in [-0.15, -0.1) is 11.8 Å². The lowest BCUT2D eigenvalue weighted by Crippen LogP contribution is -2.01. The van der Waals surface area contributed by atoms with Crippen LogP contribution in [0.5, 0.6) is 0 Å². The molecule has 0 saturated carbocycles. The molecule has 1 aromatic heterocycles. The molecule has 1 aromatic rings. The number of hydrogen-bond donors (Lipinski definition) is 0. The number of aromatic nitrogens is 1. The third-order valence-electron chi connectivity index (χ3n) is 1.92. The van der Waals surface area contributed by atoms with Crippen molar-refractivity contribution in [3.8, 4) is 0 Å². The topological polar surface area (TPSA) is 30.0 Å². The number of pyridine rings is 1. The molecule has 0 aliphatic rings. The van der Waals surface area contributed by atoms with Crippen molar-refractivity contribution < 1.29 is 4.79 Å². The zero-order chi connectivity index (χ0) is 12.7. The Balaban J connectivity index is 2.85. The second-order valence-corrected chi connectivity index (χ2v) is 6.48. The van der Waals surface area contributed by atoms with Gasteiger partial charge in [-0.2, -0.15) is 0 Å². The normalized spacial score (nSPS) is 10.5. The minimum Gasteiger partial charge on any atom is -0.280 e. The molecule has 0 N–H and O–H groups in total. The molecular formula is C12H16BrNOS2. The molecule has 0 bridgehead atoms. The van der Waals surface area contributed by atoms with Crippen LogP contribution >= 0.6 is 39.5 Å². The van der Waals surface area contributed by atoms with Gasteiger partial charge in [0.15, 0.2) is 0 Å². The van der Waals surface area contributed by atoms with Crippen LogP contribution in [-0.4, -0.2) is 21.6 Å². The van der Waals surface area contributed by atoms with Gasteiger partial charge < -0.3 is 0 Å². The maximum absolute atomic E-state index is 12.0. The Bertz CT molecular complexity index is 385. The maximum atomic E-state index is 12.0. The van der Waals surface area contributed by atoms with Gasteiger partial charge >= 0.3 is 0 Å². The highest BCUT2D eigenvalue weighted by Gasteiger charge is 2.14. The summed E-state index contributed by atoms with van der Waals surface area (Å²) in [5.74, 6) is 1.87. The lowest BCUT2D eigenvalue weighted by atomic mass is 10.4. The first kappa shape index (κ1) is 15.1. The van der Waals surface area contributed by atoms with E-state index in [1.54, 1.807) is 11.8 Å². The van der Waals surface area contributed by atoms with Gasteiger partial charge in [-0.1, -0.05) is 25.6 Å². The van der Waals surface area contributed by atoms with Crippen LogP contribution in [0.1, 0.15) is 37.2 Å². The fourth-order valence-corrected chi connectivity index (χ4v) is 3.08. The van der Waals surface area contributed by atoms with Crippen molar-refractivity contribution in [2.75, 3.05) is 11.5 Å². The number of halogens is 1. The second kappa shape index (κ2) is 8.16. The fourth-order valence-electron chi connectivity index (χ4n) is 1.16. The van der Waals surface area contributed by atoms with Crippen molar-refractivity contribution in [3.05, 3.63) is 22.4 Å². The summed E-state index contributed by atoms with van der Waals surface area (Å²) in [7, 11) is 0. The predicted molar refractivity (Wildman–Crippen MR) is 80.0 cm³/mol. The molecule has 0 aromatic carbocycles. The van der Waals surface area contributed by atoms with Gasteiger partial charge in [0.05, 0.1) is 0 Å². The lowest BCUT2D eigenvalue weighted by Gasteiger charge is -2.06. The third kappa shape index (κ3) is 5.02. The number of thioether (sulfide) groups is 2. The SMILES string of the molecule is CCCSC(=O)c1nc(Br)ccc1SCCC. The molecule has 5 heteroatoms. The molecule has 2 nitrogen and oxygen atoms in total. The van der Waals surface area contributed by atoms with Crippen LogP contribution in [-0.2, 0) is 0 Å². The molecule has 0 fully saturated rings. The zero-order valence-electron chi connectivity index (χ0n) is 10.0. The molecule has 1 heterocycles. The summed E-state index contributed by atoms with van der Waals surface area (Å²) in [6, 6.07) is 3.86. The number of hydrogen-bond acceptors (Lipinski definition) is 4.